The summed E-state index contributed by atoms with van der Waals surface area (Å²) in [5.74, 6) is -0.142. The molecule has 0 unspecified atom stereocenters. The third-order valence-electron chi connectivity index (χ3n) is 2.26. The van der Waals surface area contributed by atoms with Crippen LogP contribution >= 0.6 is 0 Å². The fourth-order valence-electron chi connectivity index (χ4n) is 1.50. The van der Waals surface area contributed by atoms with Crippen molar-refractivity contribution in [2.24, 2.45) is 0 Å². The van der Waals surface area contributed by atoms with Crippen LogP contribution in [0.15, 0.2) is 37.1 Å². The van der Waals surface area contributed by atoms with Gasteiger partial charge in [-0.1, -0.05) is 6.58 Å². The van der Waals surface area contributed by atoms with Gasteiger partial charge in [-0.3, -0.25) is 4.79 Å². The average Bonchev–Trinajstić information content (AvgIpc) is 2.70. The molecule has 72 valence electrons. The minimum atomic E-state index is -0.142. The molecule has 3 nitrogen and oxygen atoms in total. The number of fused-ring (bicyclic) bond motifs is 1. The van der Waals surface area contributed by atoms with Gasteiger partial charge in [0.05, 0.1) is 11.6 Å². The second kappa shape index (κ2) is 3.43. The highest BCUT2D eigenvalue weighted by atomic mass is 16.1. The molecule has 15 heavy (non-hydrogen) atoms. The normalized spacial score (nSPS) is 9.80. The van der Waals surface area contributed by atoms with Gasteiger partial charge >= 0.3 is 0 Å². The molecule has 0 aliphatic rings. The van der Waals surface area contributed by atoms with Crippen molar-refractivity contribution >= 4 is 16.7 Å². The van der Waals surface area contributed by atoms with E-state index in [-0.39, 0.29) is 5.78 Å². The van der Waals surface area contributed by atoms with E-state index in [9.17, 15) is 4.79 Å². The summed E-state index contributed by atoms with van der Waals surface area (Å²) in [6, 6.07) is 7.23. The molecule has 2 aromatic rings. The van der Waals surface area contributed by atoms with Crippen molar-refractivity contribution in [2.75, 3.05) is 0 Å². The van der Waals surface area contributed by atoms with Gasteiger partial charge < -0.3 is 4.98 Å². The van der Waals surface area contributed by atoms with E-state index in [0.29, 0.717) is 11.1 Å². The van der Waals surface area contributed by atoms with Crippen molar-refractivity contribution in [1.29, 1.82) is 5.26 Å². The zero-order chi connectivity index (χ0) is 10.8. The Kier molecular flexibility index (Phi) is 2.11. The van der Waals surface area contributed by atoms with Crippen LogP contribution in [0, 0.1) is 11.3 Å². The predicted octanol–water partition coefficient (Wildman–Crippen LogP) is 2.41. The molecule has 1 heterocycles. The summed E-state index contributed by atoms with van der Waals surface area (Å²) in [6.45, 7) is 3.44. The van der Waals surface area contributed by atoms with Gasteiger partial charge in [0.25, 0.3) is 0 Å². The molecule has 0 bridgehead atoms. The van der Waals surface area contributed by atoms with Gasteiger partial charge in [0, 0.05) is 22.7 Å². The Morgan fingerprint density at radius 2 is 2.33 bits per heavy atom. The maximum Gasteiger partial charge on any atom is 0.187 e. The SMILES string of the molecule is C=CC(=O)c1c[nH]c2ccc(C#N)cc12. The summed E-state index contributed by atoms with van der Waals surface area (Å²) in [4.78, 5) is 14.4. The van der Waals surface area contributed by atoms with E-state index < -0.39 is 0 Å². The summed E-state index contributed by atoms with van der Waals surface area (Å²) in [6.07, 6.45) is 2.90. The average molecular weight is 196 g/mol. The fraction of sp³-hybridized carbons (Fsp3) is 0. The zero-order valence-electron chi connectivity index (χ0n) is 7.95. The first-order chi connectivity index (χ1) is 7.26. The van der Waals surface area contributed by atoms with Crippen molar-refractivity contribution in [3.8, 4) is 6.07 Å². The topological polar surface area (TPSA) is 56.6 Å². The second-order valence-electron chi connectivity index (χ2n) is 3.14. The van der Waals surface area contributed by atoms with E-state index >= 15 is 0 Å². The molecule has 0 radical (unpaired) electrons. The first kappa shape index (κ1) is 9.22. The highest BCUT2D eigenvalue weighted by Gasteiger charge is 2.09. The molecule has 1 aromatic carbocycles. The molecular weight excluding hydrogens is 188 g/mol. The molecular formula is C12H8N2O. The quantitative estimate of drug-likeness (QED) is 0.592. The number of nitriles is 1. The van der Waals surface area contributed by atoms with Gasteiger partial charge in [0.2, 0.25) is 0 Å². The molecule has 0 spiro atoms. The van der Waals surface area contributed by atoms with E-state index in [1.165, 1.54) is 6.08 Å². The first-order valence-electron chi connectivity index (χ1n) is 4.44. The number of H-pyrrole nitrogens is 1. The van der Waals surface area contributed by atoms with E-state index in [0.717, 1.165) is 10.9 Å². The van der Waals surface area contributed by atoms with E-state index in [4.69, 9.17) is 5.26 Å². The Bertz CT molecular complexity index is 587. The Balaban J connectivity index is 2.72. The third-order valence-corrected chi connectivity index (χ3v) is 2.26. The van der Waals surface area contributed by atoms with Gasteiger partial charge in [-0.15, -0.1) is 0 Å². The van der Waals surface area contributed by atoms with Gasteiger partial charge in [-0.05, 0) is 24.3 Å². The summed E-state index contributed by atoms with van der Waals surface area (Å²) >= 11 is 0. The number of carbonyl (C=O) groups is 1. The van der Waals surface area contributed by atoms with Crippen LogP contribution in [0.1, 0.15) is 15.9 Å². The molecule has 0 aliphatic heterocycles. The Morgan fingerprint density at radius 3 is 3.00 bits per heavy atom. The second-order valence-corrected chi connectivity index (χ2v) is 3.14. The molecule has 0 saturated heterocycles. The van der Waals surface area contributed by atoms with Gasteiger partial charge in [-0.25, -0.2) is 0 Å². The zero-order valence-corrected chi connectivity index (χ0v) is 7.95. The number of aromatic nitrogens is 1. The maximum absolute atomic E-state index is 11.5. The number of benzene rings is 1. The number of aromatic amines is 1. The van der Waals surface area contributed by atoms with Crippen LogP contribution < -0.4 is 0 Å². The Hall–Kier alpha value is -2.34. The van der Waals surface area contributed by atoms with Crippen LogP contribution in [0.3, 0.4) is 0 Å². The number of rotatable bonds is 2. The number of allylic oxidation sites excluding steroid dienone is 1. The van der Waals surface area contributed by atoms with Gasteiger partial charge in [0.1, 0.15) is 0 Å². The lowest BCUT2D eigenvalue weighted by atomic mass is 10.1. The van der Waals surface area contributed by atoms with Gasteiger partial charge in [0.15, 0.2) is 5.78 Å². The van der Waals surface area contributed by atoms with Gasteiger partial charge in [-0.2, -0.15) is 5.26 Å². The molecule has 0 atom stereocenters. The molecule has 2 rings (SSSR count). The molecule has 1 aromatic heterocycles. The maximum atomic E-state index is 11.5. The lowest BCUT2D eigenvalue weighted by Gasteiger charge is -1.93. The van der Waals surface area contributed by atoms with Crippen molar-refractivity contribution in [3.05, 3.63) is 48.2 Å². The standard InChI is InChI=1S/C12H8N2O/c1-2-12(15)10-7-14-11-4-3-8(6-13)5-9(10)11/h2-5,7,14H,1H2. The monoisotopic (exact) mass is 196 g/mol. The summed E-state index contributed by atoms with van der Waals surface area (Å²) in [5.41, 5.74) is 1.94. The molecule has 3 heteroatoms. The highest BCUT2D eigenvalue weighted by molar-refractivity contribution is 6.13. The number of carbonyl (C=O) groups excluding carboxylic acids is 1. The molecule has 0 amide bonds. The number of nitrogens with one attached hydrogen (secondary N) is 1. The predicted molar refractivity (Wildman–Crippen MR) is 57.5 cm³/mol. The van der Waals surface area contributed by atoms with Crippen molar-refractivity contribution in [3.63, 3.8) is 0 Å². The van der Waals surface area contributed by atoms with Crippen LogP contribution in [0.25, 0.3) is 10.9 Å². The van der Waals surface area contributed by atoms with Crippen LogP contribution in [0.4, 0.5) is 0 Å². The minimum absolute atomic E-state index is 0.142. The van der Waals surface area contributed by atoms with E-state index in [1.807, 2.05) is 6.07 Å². The summed E-state index contributed by atoms with van der Waals surface area (Å²) in [7, 11) is 0. The van der Waals surface area contributed by atoms with Crippen molar-refractivity contribution in [1.82, 2.24) is 4.98 Å². The van der Waals surface area contributed by atoms with Crippen LogP contribution in [-0.2, 0) is 0 Å². The third kappa shape index (κ3) is 1.42. The lowest BCUT2D eigenvalue weighted by Crippen LogP contribution is -1.91. The number of ketones is 1. The van der Waals surface area contributed by atoms with Crippen molar-refractivity contribution < 1.29 is 4.79 Å². The minimum Gasteiger partial charge on any atom is -0.360 e. The van der Waals surface area contributed by atoms with Crippen LogP contribution in [0.2, 0.25) is 0 Å². The summed E-state index contributed by atoms with van der Waals surface area (Å²) in [5, 5.41) is 9.52. The van der Waals surface area contributed by atoms with E-state index in [2.05, 4.69) is 11.6 Å². The largest absolute Gasteiger partial charge is 0.360 e. The molecule has 1 N–H and O–H groups in total. The van der Waals surface area contributed by atoms with Crippen LogP contribution in [0.5, 0.6) is 0 Å². The molecule has 0 fully saturated rings. The Morgan fingerprint density at radius 1 is 1.53 bits per heavy atom. The van der Waals surface area contributed by atoms with Crippen LogP contribution in [-0.4, -0.2) is 10.8 Å². The number of nitrogens with zero attached hydrogens (tertiary/aromatic N) is 1. The highest BCUT2D eigenvalue weighted by Crippen LogP contribution is 2.20. The summed E-state index contributed by atoms with van der Waals surface area (Å²) < 4.78 is 0. The number of hydrogen-bond acceptors (Lipinski definition) is 2. The smallest absolute Gasteiger partial charge is 0.187 e. The Labute approximate surface area is 86.6 Å². The first-order valence-corrected chi connectivity index (χ1v) is 4.44. The number of hydrogen-bond donors (Lipinski definition) is 1. The molecule has 0 aliphatic carbocycles. The fourth-order valence-corrected chi connectivity index (χ4v) is 1.50. The lowest BCUT2D eigenvalue weighted by molar-refractivity contribution is 0.104. The van der Waals surface area contributed by atoms with Crippen molar-refractivity contribution in [2.45, 2.75) is 0 Å². The molecule has 0 saturated carbocycles. The van der Waals surface area contributed by atoms with E-state index in [1.54, 1.807) is 24.4 Å².